The molecule has 0 bridgehead atoms. The second kappa shape index (κ2) is 7.26. The monoisotopic (exact) mass is 251 g/mol. The van der Waals surface area contributed by atoms with E-state index in [0.29, 0.717) is 18.3 Å². The summed E-state index contributed by atoms with van der Waals surface area (Å²) in [6.45, 7) is 10.1. The number of carbonyl (C=O) groups excluding carboxylic acids is 1. The molecule has 0 rings (SSSR count). The first-order valence-corrected chi connectivity index (χ1v) is 5.61. The Kier molecular flexibility index (Phi) is 6.41. The molecular formula is C12H21N5O. The largest absolute Gasteiger partial charge is 0.394 e. The number of hydrogen-bond donors (Lipinski definition) is 3. The van der Waals surface area contributed by atoms with Gasteiger partial charge in [0.2, 0.25) is 0 Å². The average Bonchev–Trinajstić information content (AvgIpc) is 2.31. The Morgan fingerprint density at radius 3 is 2.39 bits per heavy atom. The van der Waals surface area contributed by atoms with Gasteiger partial charge >= 0.3 is 0 Å². The van der Waals surface area contributed by atoms with Crippen molar-refractivity contribution in [3.63, 3.8) is 0 Å². The second-order valence-electron chi connectivity index (χ2n) is 4.09. The molecule has 0 aliphatic carbocycles. The molecule has 0 spiro atoms. The van der Waals surface area contributed by atoms with E-state index in [1.54, 1.807) is 18.0 Å². The van der Waals surface area contributed by atoms with Gasteiger partial charge in [-0.1, -0.05) is 20.4 Å². The molecule has 0 radical (unpaired) electrons. The van der Waals surface area contributed by atoms with Gasteiger partial charge in [-0.25, -0.2) is 4.99 Å². The fourth-order valence-electron chi connectivity index (χ4n) is 1.31. The summed E-state index contributed by atoms with van der Waals surface area (Å²) in [7, 11) is 0. The third kappa shape index (κ3) is 4.40. The van der Waals surface area contributed by atoms with Crippen molar-refractivity contribution < 1.29 is 4.79 Å². The molecule has 100 valence electrons. The molecule has 6 heteroatoms. The molecule has 0 unspecified atom stereocenters. The maximum atomic E-state index is 11.0. The van der Waals surface area contributed by atoms with E-state index in [1.165, 1.54) is 6.21 Å². The van der Waals surface area contributed by atoms with Crippen LogP contribution in [-0.4, -0.2) is 29.3 Å². The van der Waals surface area contributed by atoms with Crippen LogP contribution in [0.3, 0.4) is 0 Å². The zero-order valence-electron chi connectivity index (χ0n) is 11.1. The van der Waals surface area contributed by atoms with Crippen LogP contribution in [0.15, 0.2) is 29.3 Å². The van der Waals surface area contributed by atoms with Crippen molar-refractivity contribution in [2.75, 3.05) is 6.54 Å². The van der Waals surface area contributed by atoms with Gasteiger partial charge in [0, 0.05) is 12.8 Å². The van der Waals surface area contributed by atoms with Gasteiger partial charge in [-0.05, 0) is 19.0 Å². The van der Waals surface area contributed by atoms with Crippen LogP contribution in [0.4, 0.5) is 0 Å². The molecule has 0 aliphatic heterocycles. The Labute approximate surface area is 108 Å². The van der Waals surface area contributed by atoms with Crippen LogP contribution in [0.25, 0.3) is 0 Å². The van der Waals surface area contributed by atoms with Gasteiger partial charge in [-0.15, -0.1) is 0 Å². The highest BCUT2D eigenvalue weighted by atomic mass is 16.1. The molecule has 0 atom stereocenters. The van der Waals surface area contributed by atoms with E-state index in [9.17, 15) is 4.79 Å². The summed E-state index contributed by atoms with van der Waals surface area (Å²) in [5.41, 5.74) is 10.3. The third-order valence-electron chi connectivity index (χ3n) is 2.06. The van der Waals surface area contributed by atoms with Gasteiger partial charge in [-0.2, -0.15) is 0 Å². The highest BCUT2D eigenvalue weighted by Crippen LogP contribution is 2.13. The zero-order chi connectivity index (χ0) is 14.3. The number of amides is 1. The second-order valence-corrected chi connectivity index (χ2v) is 4.09. The van der Waals surface area contributed by atoms with Crippen molar-refractivity contribution in [2.45, 2.75) is 20.8 Å². The SMILES string of the molecule is C=CN(CC(C)C)/C(N=CC)=C(\N)C(=N)C(N)=O. The number of nitrogens with two attached hydrogens (primary N) is 2. The minimum Gasteiger partial charge on any atom is -0.394 e. The van der Waals surface area contributed by atoms with Crippen molar-refractivity contribution in [3.05, 3.63) is 24.3 Å². The summed E-state index contributed by atoms with van der Waals surface area (Å²) in [5, 5.41) is 7.52. The number of nitrogens with one attached hydrogen (secondary N) is 1. The van der Waals surface area contributed by atoms with E-state index in [-0.39, 0.29) is 5.70 Å². The zero-order valence-corrected chi connectivity index (χ0v) is 11.1. The molecule has 0 aromatic rings. The Balaban J connectivity index is 5.51. The van der Waals surface area contributed by atoms with E-state index in [2.05, 4.69) is 11.6 Å². The lowest BCUT2D eigenvalue weighted by Crippen LogP contribution is -2.32. The number of carbonyl (C=O) groups is 1. The van der Waals surface area contributed by atoms with Crippen LogP contribution >= 0.6 is 0 Å². The molecule has 0 heterocycles. The number of rotatable bonds is 7. The van der Waals surface area contributed by atoms with Crippen LogP contribution in [-0.2, 0) is 4.79 Å². The van der Waals surface area contributed by atoms with Gasteiger partial charge in [-0.3, -0.25) is 10.2 Å². The first-order valence-electron chi connectivity index (χ1n) is 5.61. The molecule has 0 aliphatic rings. The predicted octanol–water partition coefficient (Wildman–Crippen LogP) is 0.811. The van der Waals surface area contributed by atoms with E-state index in [4.69, 9.17) is 16.9 Å². The Hall–Kier alpha value is -2.11. The standard InChI is InChI=1S/C12H21N5O/c1-5-16-12(10(14)9(13)11(15)18)17(6-2)7-8(3)4/h5-6,8,13H,2,7,14H2,1,3-4H3,(H2,15,18)/b12-10-,13-9?,16-5?. The molecular weight excluding hydrogens is 230 g/mol. The van der Waals surface area contributed by atoms with E-state index in [1.807, 2.05) is 13.8 Å². The van der Waals surface area contributed by atoms with Crippen molar-refractivity contribution in [3.8, 4) is 0 Å². The molecule has 5 N–H and O–H groups in total. The van der Waals surface area contributed by atoms with Gasteiger partial charge in [0.1, 0.15) is 11.4 Å². The minimum atomic E-state index is -0.884. The molecule has 1 amide bonds. The molecule has 0 aromatic carbocycles. The Bertz CT molecular complexity index is 395. The van der Waals surface area contributed by atoms with Gasteiger partial charge < -0.3 is 16.4 Å². The first kappa shape index (κ1) is 15.9. The van der Waals surface area contributed by atoms with Crippen molar-refractivity contribution in [1.82, 2.24) is 4.90 Å². The quantitative estimate of drug-likeness (QED) is 0.582. The average molecular weight is 251 g/mol. The fourth-order valence-corrected chi connectivity index (χ4v) is 1.31. The van der Waals surface area contributed by atoms with E-state index in [0.717, 1.165) is 0 Å². The van der Waals surface area contributed by atoms with Crippen molar-refractivity contribution in [2.24, 2.45) is 22.4 Å². The van der Waals surface area contributed by atoms with Crippen LogP contribution < -0.4 is 11.5 Å². The summed E-state index contributed by atoms with van der Waals surface area (Å²) >= 11 is 0. The first-order chi connectivity index (χ1) is 8.34. The van der Waals surface area contributed by atoms with Gasteiger partial charge in [0.25, 0.3) is 5.91 Å². The van der Waals surface area contributed by atoms with Gasteiger partial charge in [0.15, 0.2) is 5.82 Å². The Morgan fingerprint density at radius 1 is 1.50 bits per heavy atom. The molecule has 18 heavy (non-hydrogen) atoms. The Morgan fingerprint density at radius 2 is 2.06 bits per heavy atom. The summed E-state index contributed by atoms with van der Waals surface area (Å²) in [5.74, 6) is -0.226. The molecule has 0 aromatic heterocycles. The maximum Gasteiger partial charge on any atom is 0.268 e. The lowest BCUT2D eigenvalue weighted by molar-refractivity contribution is -0.112. The summed E-state index contributed by atoms with van der Waals surface area (Å²) in [6.07, 6.45) is 3.09. The lowest BCUT2D eigenvalue weighted by atomic mass is 10.2. The summed E-state index contributed by atoms with van der Waals surface area (Å²) < 4.78 is 0. The topological polar surface area (TPSA) is 109 Å². The number of aliphatic imine (C=N–C) groups is 1. The predicted molar refractivity (Wildman–Crippen MR) is 74.0 cm³/mol. The van der Waals surface area contributed by atoms with E-state index >= 15 is 0 Å². The number of hydrogen-bond acceptors (Lipinski definition) is 5. The molecule has 0 saturated heterocycles. The van der Waals surface area contributed by atoms with Crippen LogP contribution in [0, 0.1) is 11.3 Å². The molecule has 6 nitrogen and oxygen atoms in total. The summed E-state index contributed by atoms with van der Waals surface area (Å²) in [4.78, 5) is 16.7. The minimum absolute atomic E-state index is 0.0545. The number of primary amides is 1. The smallest absolute Gasteiger partial charge is 0.268 e. The molecule has 0 fully saturated rings. The lowest BCUT2D eigenvalue weighted by Gasteiger charge is -2.23. The maximum absolute atomic E-state index is 11.0. The van der Waals surface area contributed by atoms with Crippen LogP contribution in [0.1, 0.15) is 20.8 Å². The van der Waals surface area contributed by atoms with Crippen LogP contribution in [0.2, 0.25) is 0 Å². The van der Waals surface area contributed by atoms with E-state index < -0.39 is 11.6 Å². The van der Waals surface area contributed by atoms with Crippen molar-refractivity contribution in [1.29, 1.82) is 5.41 Å². The summed E-state index contributed by atoms with van der Waals surface area (Å²) in [6, 6.07) is 0. The highest BCUT2D eigenvalue weighted by Gasteiger charge is 2.17. The normalized spacial score (nSPS) is 12.4. The van der Waals surface area contributed by atoms with Crippen LogP contribution in [0.5, 0.6) is 0 Å². The fraction of sp³-hybridized carbons (Fsp3) is 0.417. The highest BCUT2D eigenvalue weighted by molar-refractivity contribution is 6.43. The molecule has 0 saturated carbocycles. The van der Waals surface area contributed by atoms with Gasteiger partial charge in [0.05, 0.1) is 0 Å². The van der Waals surface area contributed by atoms with Crippen molar-refractivity contribution >= 4 is 17.8 Å². The third-order valence-corrected chi connectivity index (χ3v) is 2.06. The number of nitrogens with zero attached hydrogens (tertiary/aromatic N) is 2.